The number of ether oxygens (including phenoxy) is 1. The van der Waals surface area contributed by atoms with Crippen LogP contribution in [0, 0.1) is 0 Å². The first-order valence-electron chi connectivity index (χ1n) is 10.2. The predicted octanol–water partition coefficient (Wildman–Crippen LogP) is 3.52. The average Bonchev–Trinajstić information content (AvgIpc) is 2.72. The van der Waals surface area contributed by atoms with Crippen LogP contribution in [0.2, 0.25) is 5.02 Å². The lowest BCUT2D eigenvalue weighted by Gasteiger charge is -2.26. The number of nitrogens with zero attached hydrogens (tertiary/aromatic N) is 2. The van der Waals surface area contributed by atoms with Crippen molar-refractivity contribution in [3.8, 4) is 0 Å². The molecule has 0 unspecified atom stereocenters. The minimum absolute atomic E-state index is 0.0494. The molecule has 2 aromatic rings. The van der Waals surface area contributed by atoms with Crippen LogP contribution < -0.4 is 4.90 Å². The monoisotopic (exact) mass is 456 g/mol. The second kappa shape index (κ2) is 9.53. The molecule has 0 N–H and O–H groups in total. The Balaban J connectivity index is 1.97. The van der Waals surface area contributed by atoms with Gasteiger partial charge < -0.3 is 9.64 Å². The lowest BCUT2D eigenvalue weighted by molar-refractivity contribution is -0.154. The Kier molecular flexibility index (Phi) is 6.99. The number of fused-ring (bicyclic) bond motifs is 1. The minimum Gasteiger partial charge on any atom is -0.459 e. The fourth-order valence-corrected chi connectivity index (χ4v) is 3.62. The van der Waals surface area contributed by atoms with Crippen LogP contribution in [-0.4, -0.2) is 40.7 Å². The largest absolute Gasteiger partial charge is 0.459 e. The Morgan fingerprint density at radius 1 is 0.938 bits per heavy atom. The van der Waals surface area contributed by atoms with E-state index in [2.05, 4.69) is 0 Å². The first-order chi connectivity index (χ1) is 15.0. The minimum atomic E-state index is -0.735. The summed E-state index contributed by atoms with van der Waals surface area (Å²) in [5.41, 5.74) is 0.832. The van der Waals surface area contributed by atoms with E-state index in [1.165, 1.54) is 4.90 Å². The van der Waals surface area contributed by atoms with E-state index in [0.717, 1.165) is 10.5 Å². The maximum absolute atomic E-state index is 13.1. The van der Waals surface area contributed by atoms with Gasteiger partial charge >= 0.3 is 5.97 Å². The van der Waals surface area contributed by atoms with Crippen molar-refractivity contribution in [2.45, 2.75) is 45.8 Å². The van der Waals surface area contributed by atoms with Crippen LogP contribution >= 0.6 is 11.6 Å². The van der Waals surface area contributed by atoms with Crippen LogP contribution in [0.4, 0.5) is 5.69 Å². The molecule has 3 rings (SSSR count). The number of carbonyl (C=O) groups excluding carboxylic acids is 4. The number of benzene rings is 2. The van der Waals surface area contributed by atoms with Crippen molar-refractivity contribution in [3.05, 3.63) is 64.7 Å². The van der Waals surface area contributed by atoms with E-state index in [0.29, 0.717) is 16.3 Å². The topological polar surface area (TPSA) is 84.0 Å². The maximum atomic E-state index is 13.1. The van der Waals surface area contributed by atoms with E-state index >= 15 is 0 Å². The molecule has 0 radical (unpaired) electrons. The Hall–Kier alpha value is -3.19. The Bertz CT molecular complexity index is 1050. The molecule has 32 heavy (non-hydrogen) atoms. The van der Waals surface area contributed by atoms with Gasteiger partial charge in [-0.2, -0.15) is 0 Å². The van der Waals surface area contributed by atoms with Gasteiger partial charge in [0.1, 0.15) is 18.6 Å². The third kappa shape index (κ3) is 5.95. The lowest BCUT2D eigenvalue weighted by atomic mass is 10.1. The first kappa shape index (κ1) is 23.5. The third-order valence-electron chi connectivity index (χ3n) is 4.77. The SMILES string of the molecule is CC(C)(C)OC(=O)CN1C(=O)CC(=O)N(Cc2ccccc2)C(=O)Cc2cc(Cl)ccc21. The van der Waals surface area contributed by atoms with Gasteiger partial charge in [0.2, 0.25) is 17.7 Å². The summed E-state index contributed by atoms with van der Waals surface area (Å²) in [6.07, 6.45) is -0.698. The number of carbonyl (C=O) groups is 4. The molecule has 2 aromatic carbocycles. The van der Waals surface area contributed by atoms with Crippen molar-refractivity contribution in [1.82, 2.24) is 4.90 Å². The van der Waals surface area contributed by atoms with Gasteiger partial charge in [0.25, 0.3) is 0 Å². The number of rotatable bonds is 4. The molecule has 0 atom stereocenters. The number of imide groups is 1. The zero-order valence-corrected chi connectivity index (χ0v) is 19.0. The molecule has 0 saturated carbocycles. The number of anilines is 1. The molecule has 0 bridgehead atoms. The van der Waals surface area contributed by atoms with Gasteiger partial charge in [-0.1, -0.05) is 41.9 Å². The summed E-state index contributed by atoms with van der Waals surface area (Å²) in [7, 11) is 0. The standard InChI is InChI=1S/C24H25ClN2O5/c1-24(2,3)32-23(31)15-26-19-10-9-18(25)11-17(19)12-20(28)27(22(30)13-21(26)29)14-16-7-5-4-6-8-16/h4-11H,12-15H2,1-3H3. The lowest BCUT2D eigenvalue weighted by Crippen LogP contribution is -2.42. The van der Waals surface area contributed by atoms with Gasteiger partial charge in [-0.3, -0.25) is 24.1 Å². The molecule has 1 aliphatic rings. The van der Waals surface area contributed by atoms with Crippen LogP contribution in [0.25, 0.3) is 0 Å². The number of halogens is 1. The summed E-state index contributed by atoms with van der Waals surface area (Å²) in [6.45, 7) is 4.84. The summed E-state index contributed by atoms with van der Waals surface area (Å²) >= 11 is 6.14. The second-order valence-electron chi connectivity index (χ2n) is 8.55. The van der Waals surface area contributed by atoms with Crippen molar-refractivity contribution in [3.63, 3.8) is 0 Å². The smallest absolute Gasteiger partial charge is 0.326 e. The fourth-order valence-electron chi connectivity index (χ4n) is 3.43. The number of hydrogen-bond donors (Lipinski definition) is 0. The van der Waals surface area contributed by atoms with Crippen LogP contribution in [0.3, 0.4) is 0 Å². The highest BCUT2D eigenvalue weighted by Crippen LogP contribution is 2.28. The van der Waals surface area contributed by atoms with E-state index < -0.39 is 35.7 Å². The van der Waals surface area contributed by atoms with E-state index in [-0.39, 0.29) is 19.5 Å². The molecule has 0 aromatic heterocycles. The summed E-state index contributed by atoms with van der Waals surface area (Å²) in [6, 6.07) is 13.8. The first-order valence-corrected chi connectivity index (χ1v) is 10.6. The van der Waals surface area contributed by atoms with Gasteiger partial charge in [-0.25, -0.2) is 0 Å². The molecular weight excluding hydrogens is 432 g/mol. The molecule has 1 aliphatic heterocycles. The van der Waals surface area contributed by atoms with Gasteiger partial charge in [0, 0.05) is 10.7 Å². The second-order valence-corrected chi connectivity index (χ2v) is 8.99. The van der Waals surface area contributed by atoms with E-state index in [1.54, 1.807) is 51.1 Å². The number of amides is 3. The fraction of sp³-hybridized carbons (Fsp3) is 0.333. The van der Waals surface area contributed by atoms with Crippen molar-refractivity contribution in [2.75, 3.05) is 11.4 Å². The Labute approximate surface area is 191 Å². The molecule has 0 fully saturated rings. The number of hydrogen-bond acceptors (Lipinski definition) is 5. The Morgan fingerprint density at radius 2 is 1.56 bits per heavy atom. The molecule has 3 amide bonds. The predicted molar refractivity (Wildman–Crippen MR) is 120 cm³/mol. The highest BCUT2D eigenvalue weighted by atomic mass is 35.5. The molecule has 168 valence electrons. The summed E-state index contributed by atoms with van der Waals surface area (Å²) in [5, 5.41) is 0.376. The van der Waals surface area contributed by atoms with Gasteiger partial charge in [0.05, 0.1) is 13.0 Å². The van der Waals surface area contributed by atoms with Crippen LogP contribution in [0.1, 0.15) is 38.3 Å². The summed E-state index contributed by atoms with van der Waals surface area (Å²) in [5.74, 6) is -2.30. The zero-order valence-electron chi connectivity index (χ0n) is 18.3. The van der Waals surface area contributed by atoms with Gasteiger partial charge in [-0.15, -0.1) is 0 Å². The maximum Gasteiger partial charge on any atom is 0.326 e. The van der Waals surface area contributed by atoms with Gasteiger partial charge in [-0.05, 0) is 50.1 Å². The van der Waals surface area contributed by atoms with Crippen LogP contribution in [0.15, 0.2) is 48.5 Å². The molecule has 7 nitrogen and oxygen atoms in total. The van der Waals surface area contributed by atoms with Gasteiger partial charge in [0.15, 0.2) is 0 Å². The molecule has 8 heteroatoms. The Morgan fingerprint density at radius 3 is 2.22 bits per heavy atom. The van der Waals surface area contributed by atoms with Crippen molar-refractivity contribution >= 4 is 41.0 Å². The van der Waals surface area contributed by atoms with E-state index in [9.17, 15) is 19.2 Å². The molecule has 0 aliphatic carbocycles. The third-order valence-corrected chi connectivity index (χ3v) is 5.01. The van der Waals surface area contributed by atoms with Crippen LogP contribution in [-0.2, 0) is 36.9 Å². The molecule has 0 saturated heterocycles. The van der Waals surface area contributed by atoms with E-state index in [1.807, 2.05) is 18.2 Å². The van der Waals surface area contributed by atoms with Crippen molar-refractivity contribution < 1.29 is 23.9 Å². The summed E-state index contributed by atoms with van der Waals surface area (Å²) in [4.78, 5) is 53.9. The summed E-state index contributed by atoms with van der Waals surface area (Å²) < 4.78 is 5.36. The highest BCUT2D eigenvalue weighted by molar-refractivity contribution is 6.30. The van der Waals surface area contributed by atoms with Crippen molar-refractivity contribution in [1.29, 1.82) is 0 Å². The quantitative estimate of drug-likeness (QED) is 0.399. The average molecular weight is 457 g/mol. The highest BCUT2D eigenvalue weighted by Gasteiger charge is 2.32. The van der Waals surface area contributed by atoms with E-state index in [4.69, 9.17) is 16.3 Å². The molecular formula is C24H25ClN2O5. The van der Waals surface area contributed by atoms with Crippen LogP contribution in [0.5, 0.6) is 0 Å². The normalized spacial score (nSPS) is 15.1. The number of esters is 1. The van der Waals surface area contributed by atoms with Crippen molar-refractivity contribution in [2.24, 2.45) is 0 Å². The molecule has 0 spiro atoms. The zero-order chi connectivity index (χ0) is 23.5. The molecule has 1 heterocycles.